The van der Waals surface area contributed by atoms with Crippen LogP contribution in [-0.4, -0.2) is 35.3 Å². The Morgan fingerprint density at radius 2 is 2.25 bits per heavy atom. The molecule has 0 aliphatic carbocycles. The van der Waals surface area contributed by atoms with E-state index in [1.165, 1.54) is 0 Å². The molecule has 4 heteroatoms. The Kier molecular flexibility index (Phi) is 3.39. The summed E-state index contributed by atoms with van der Waals surface area (Å²) in [7, 11) is 0. The van der Waals surface area contributed by atoms with Crippen molar-refractivity contribution >= 4 is 5.82 Å². The van der Waals surface area contributed by atoms with Crippen molar-refractivity contribution in [1.29, 1.82) is 0 Å². The van der Waals surface area contributed by atoms with Crippen molar-refractivity contribution in [2.24, 2.45) is 0 Å². The lowest BCUT2D eigenvalue weighted by molar-refractivity contribution is -0.0174. The average Bonchev–Trinajstić information content (AvgIpc) is 2.28. The maximum atomic E-state index is 5.83. The molecule has 1 aliphatic heterocycles. The Labute approximate surface area is 96.7 Å². The Balaban J connectivity index is 2.14. The molecule has 1 fully saturated rings. The number of ether oxygens (including phenoxy) is 1. The molecule has 0 amide bonds. The third-order valence-electron chi connectivity index (χ3n) is 2.85. The molecule has 0 saturated carbocycles. The van der Waals surface area contributed by atoms with Gasteiger partial charge < -0.3 is 9.64 Å². The van der Waals surface area contributed by atoms with Crippen LogP contribution in [0.5, 0.6) is 0 Å². The van der Waals surface area contributed by atoms with Gasteiger partial charge in [0.05, 0.1) is 24.1 Å². The van der Waals surface area contributed by atoms with Gasteiger partial charge in [-0.3, -0.25) is 4.98 Å². The molecule has 1 aromatic rings. The summed E-state index contributed by atoms with van der Waals surface area (Å²) in [5.41, 5.74) is 0.963. The fraction of sp³-hybridized carbons (Fsp3) is 0.667. The van der Waals surface area contributed by atoms with E-state index in [1.54, 1.807) is 6.20 Å². The molecule has 88 valence electrons. The molecule has 0 spiro atoms. The van der Waals surface area contributed by atoms with Gasteiger partial charge in [-0.05, 0) is 20.3 Å². The second-order valence-electron chi connectivity index (χ2n) is 4.40. The van der Waals surface area contributed by atoms with Crippen molar-refractivity contribution in [2.45, 2.75) is 39.4 Å². The molecular formula is C12H19N3O. The molecule has 2 heterocycles. The highest BCUT2D eigenvalue weighted by Gasteiger charge is 2.24. The summed E-state index contributed by atoms with van der Waals surface area (Å²) < 4.78 is 5.83. The molecule has 1 aromatic heterocycles. The van der Waals surface area contributed by atoms with E-state index in [0.717, 1.165) is 31.0 Å². The fourth-order valence-corrected chi connectivity index (χ4v) is 2.06. The van der Waals surface area contributed by atoms with Crippen LogP contribution in [0.3, 0.4) is 0 Å². The van der Waals surface area contributed by atoms with Crippen LogP contribution in [0.2, 0.25) is 0 Å². The van der Waals surface area contributed by atoms with Crippen molar-refractivity contribution in [3.8, 4) is 0 Å². The van der Waals surface area contributed by atoms with Crippen LogP contribution in [-0.2, 0) is 4.74 Å². The van der Waals surface area contributed by atoms with Crippen LogP contribution < -0.4 is 4.90 Å². The monoisotopic (exact) mass is 221 g/mol. The zero-order valence-corrected chi connectivity index (χ0v) is 10.2. The largest absolute Gasteiger partial charge is 0.372 e. The molecule has 0 radical (unpaired) electrons. The second-order valence-corrected chi connectivity index (χ2v) is 4.40. The smallest absolute Gasteiger partial charge is 0.147 e. The van der Waals surface area contributed by atoms with Gasteiger partial charge >= 0.3 is 0 Å². The van der Waals surface area contributed by atoms with Crippen LogP contribution in [0.1, 0.15) is 26.0 Å². The van der Waals surface area contributed by atoms with Gasteiger partial charge in [-0.25, -0.2) is 4.98 Å². The van der Waals surface area contributed by atoms with Crippen LogP contribution in [0, 0.1) is 6.92 Å². The number of aryl methyl sites for hydroxylation is 1. The van der Waals surface area contributed by atoms with Crippen molar-refractivity contribution in [3.05, 3.63) is 18.1 Å². The third kappa shape index (κ3) is 2.50. The zero-order valence-electron chi connectivity index (χ0n) is 10.2. The molecule has 0 bridgehead atoms. The van der Waals surface area contributed by atoms with Crippen molar-refractivity contribution in [2.75, 3.05) is 18.0 Å². The summed E-state index contributed by atoms with van der Waals surface area (Å²) in [6, 6.07) is 0. The first kappa shape index (κ1) is 11.3. The molecule has 2 unspecified atom stereocenters. The standard InChI is InChI=1S/C12H19N3O/c1-4-11-8-15(7-10(3)16-11)12-6-13-5-9(2)14-12/h5-6,10-11H,4,7-8H2,1-3H3. The van der Waals surface area contributed by atoms with E-state index in [0.29, 0.717) is 6.10 Å². The van der Waals surface area contributed by atoms with E-state index in [-0.39, 0.29) is 6.10 Å². The molecule has 2 atom stereocenters. The zero-order chi connectivity index (χ0) is 11.5. The number of hydrogen-bond acceptors (Lipinski definition) is 4. The predicted molar refractivity (Wildman–Crippen MR) is 63.6 cm³/mol. The maximum Gasteiger partial charge on any atom is 0.147 e. The summed E-state index contributed by atoms with van der Waals surface area (Å²) >= 11 is 0. The molecular weight excluding hydrogens is 202 g/mol. The summed E-state index contributed by atoms with van der Waals surface area (Å²) in [6.07, 6.45) is 5.23. The van der Waals surface area contributed by atoms with Gasteiger partial charge in [0.2, 0.25) is 0 Å². The lowest BCUT2D eigenvalue weighted by Crippen LogP contribution is -2.46. The summed E-state index contributed by atoms with van der Waals surface area (Å²) in [6.45, 7) is 8.05. The van der Waals surface area contributed by atoms with Gasteiger partial charge in [-0.15, -0.1) is 0 Å². The van der Waals surface area contributed by atoms with E-state index in [1.807, 2.05) is 13.1 Å². The molecule has 2 rings (SSSR count). The fourth-order valence-electron chi connectivity index (χ4n) is 2.06. The SMILES string of the molecule is CCC1CN(c2cncc(C)n2)CC(C)O1. The quantitative estimate of drug-likeness (QED) is 0.763. The van der Waals surface area contributed by atoms with Gasteiger partial charge in [0.15, 0.2) is 0 Å². The van der Waals surface area contributed by atoms with Crippen LogP contribution >= 0.6 is 0 Å². The Morgan fingerprint density at radius 1 is 1.44 bits per heavy atom. The molecule has 16 heavy (non-hydrogen) atoms. The van der Waals surface area contributed by atoms with Crippen molar-refractivity contribution in [3.63, 3.8) is 0 Å². The minimum Gasteiger partial charge on any atom is -0.372 e. The van der Waals surface area contributed by atoms with Crippen LogP contribution in [0.15, 0.2) is 12.4 Å². The first-order chi connectivity index (χ1) is 7.69. The molecule has 1 saturated heterocycles. The number of anilines is 1. The number of morpholine rings is 1. The maximum absolute atomic E-state index is 5.83. The first-order valence-corrected chi connectivity index (χ1v) is 5.88. The highest BCUT2D eigenvalue weighted by molar-refractivity contribution is 5.37. The van der Waals surface area contributed by atoms with Gasteiger partial charge in [-0.1, -0.05) is 6.92 Å². The number of hydrogen-bond donors (Lipinski definition) is 0. The Bertz CT molecular complexity index is 356. The third-order valence-corrected chi connectivity index (χ3v) is 2.85. The first-order valence-electron chi connectivity index (χ1n) is 5.88. The highest BCUT2D eigenvalue weighted by Crippen LogP contribution is 2.19. The molecule has 0 N–H and O–H groups in total. The van der Waals surface area contributed by atoms with Gasteiger partial charge in [0.25, 0.3) is 0 Å². The molecule has 1 aliphatic rings. The lowest BCUT2D eigenvalue weighted by atomic mass is 10.2. The van der Waals surface area contributed by atoms with Gasteiger partial charge in [0.1, 0.15) is 5.82 Å². The van der Waals surface area contributed by atoms with E-state index >= 15 is 0 Å². The van der Waals surface area contributed by atoms with Crippen LogP contribution in [0.4, 0.5) is 5.82 Å². The van der Waals surface area contributed by atoms with E-state index in [9.17, 15) is 0 Å². The molecule has 0 aromatic carbocycles. The Hall–Kier alpha value is -1.16. The number of nitrogens with zero attached hydrogens (tertiary/aromatic N) is 3. The van der Waals surface area contributed by atoms with Crippen LogP contribution in [0.25, 0.3) is 0 Å². The predicted octanol–water partition coefficient (Wildman–Crippen LogP) is 1.79. The molecule has 4 nitrogen and oxygen atoms in total. The van der Waals surface area contributed by atoms with Gasteiger partial charge in [0, 0.05) is 19.3 Å². The van der Waals surface area contributed by atoms with Crippen molar-refractivity contribution in [1.82, 2.24) is 9.97 Å². The van der Waals surface area contributed by atoms with Gasteiger partial charge in [-0.2, -0.15) is 0 Å². The minimum absolute atomic E-state index is 0.265. The normalized spacial score (nSPS) is 25.8. The topological polar surface area (TPSA) is 38.2 Å². The highest BCUT2D eigenvalue weighted by atomic mass is 16.5. The minimum atomic E-state index is 0.265. The second kappa shape index (κ2) is 4.78. The summed E-state index contributed by atoms with van der Waals surface area (Å²) in [4.78, 5) is 11.0. The lowest BCUT2D eigenvalue weighted by Gasteiger charge is -2.37. The Morgan fingerprint density at radius 3 is 2.94 bits per heavy atom. The summed E-state index contributed by atoms with van der Waals surface area (Å²) in [5.74, 6) is 0.966. The summed E-state index contributed by atoms with van der Waals surface area (Å²) in [5, 5.41) is 0. The van der Waals surface area contributed by atoms with E-state index in [2.05, 4.69) is 28.7 Å². The van der Waals surface area contributed by atoms with Crippen molar-refractivity contribution < 1.29 is 4.74 Å². The average molecular weight is 221 g/mol. The van der Waals surface area contributed by atoms with E-state index < -0.39 is 0 Å². The number of rotatable bonds is 2. The van der Waals surface area contributed by atoms with E-state index in [4.69, 9.17) is 4.74 Å². The number of aromatic nitrogens is 2.